The summed E-state index contributed by atoms with van der Waals surface area (Å²) in [5.74, 6) is -0.106. The number of alkyl halides is 3. The summed E-state index contributed by atoms with van der Waals surface area (Å²) in [6, 6.07) is 5.00. The van der Waals surface area contributed by atoms with Crippen LogP contribution in [0.15, 0.2) is 36.7 Å². The van der Waals surface area contributed by atoms with Gasteiger partial charge in [0.25, 0.3) is 0 Å². The van der Waals surface area contributed by atoms with E-state index in [-0.39, 0.29) is 24.2 Å². The number of hydrogen-bond acceptors (Lipinski definition) is 3. The lowest BCUT2D eigenvalue weighted by Gasteiger charge is -2.26. The normalized spacial score (nSPS) is 20.3. The predicted molar refractivity (Wildman–Crippen MR) is 94.6 cm³/mol. The summed E-state index contributed by atoms with van der Waals surface area (Å²) in [7, 11) is 0. The fourth-order valence-electron chi connectivity index (χ4n) is 2.95. The first kappa shape index (κ1) is 20.3. The van der Waals surface area contributed by atoms with Crippen molar-refractivity contribution >= 4 is 24.0 Å². The van der Waals surface area contributed by atoms with E-state index in [1.807, 2.05) is 6.92 Å². The zero-order valence-corrected chi connectivity index (χ0v) is 14.9. The van der Waals surface area contributed by atoms with Crippen molar-refractivity contribution in [2.45, 2.75) is 32.0 Å². The molecular weight excluding hydrogens is 369 g/mol. The van der Waals surface area contributed by atoms with Crippen molar-refractivity contribution in [1.29, 1.82) is 0 Å². The Balaban J connectivity index is 0.00000243. The van der Waals surface area contributed by atoms with E-state index in [2.05, 4.69) is 15.7 Å². The van der Waals surface area contributed by atoms with Gasteiger partial charge in [-0.25, -0.2) is 4.68 Å². The summed E-state index contributed by atoms with van der Waals surface area (Å²) in [6.45, 7) is 2.85. The molecule has 1 amide bonds. The van der Waals surface area contributed by atoms with Crippen LogP contribution in [0.1, 0.15) is 25.3 Å². The van der Waals surface area contributed by atoms with Gasteiger partial charge in [0.1, 0.15) is 0 Å². The second-order valence-electron chi connectivity index (χ2n) is 6.28. The third-order valence-electron chi connectivity index (χ3n) is 4.30. The van der Waals surface area contributed by atoms with E-state index in [1.165, 1.54) is 23.0 Å². The van der Waals surface area contributed by atoms with Gasteiger partial charge in [0, 0.05) is 12.0 Å². The molecule has 0 spiro atoms. The Morgan fingerprint density at radius 3 is 2.62 bits per heavy atom. The van der Waals surface area contributed by atoms with Gasteiger partial charge in [0.05, 0.1) is 29.3 Å². The van der Waals surface area contributed by atoms with Gasteiger partial charge in [-0.2, -0.15) is 18.3 Å². The topological polar surface area (TPSA) is 59.0 Å². The number of carbonyl (C=O) groups excluding carboxylic acids is 1. The minimum Gasteiger partial charge on any atom is -0.323 e. The Morgan fingerprint density at radius 1 is 1.31 bits per heavy atom. The predicted octanol–water partition coefficient (Wildman–Crippen LogP) is 3.64. The molecular formula is C17H20ClF3N4O. The minimum absolute atomic E-state index is 0. The molecule has 2 N–H and O–H groups in total. The monoisotopic (exact) mass is 388 g/mol. The second-order valence-corrected chi connectivity index (χ2v) is 6.28. The standard InChI is InChI=1S/C17H19F3N4O.ClH/c1-11-8-12(6-7-21-11)16(25)23-14-9-22-24(10-14)15-4-2-13(3-5-15)17(18,19)20;/h2-5,9-12,21H,6-8H2,1H3,(H,23,25);1H/t11-,12-;/m0./s1. The van der Waals surface area contributed by atoms with Gasteiger partial charge in [-0.1, -0.05) is 0 Å². The maximum atomic E-state index is 12.6. The maximum Gasteiger partial charge on any atom is 0.416 e. The molecule has 0 bridgehead atoms. The van der Waals surface area contributed by atoms with Crippen LogP contribution < -0.4 is 10.6 Å². The summed E-state index contributed by atoms with van der Waals surface area (Å²) in [5.41, 5.74) is 0.303. The molecule has 0 unspecified atom stereocenters. The van der Waals surface area contributed by atoms with Crippen LogP contribution in [0.5, 0.6) is 0 Å². The van der Waals surface area contributed by atoms with Gasteiger partial charge in [0.2, 0.25) is 5.91 Å². The van der Waals surface area contributed by atoms with Gasteiger partial charge >= 0.3 is 6.18 Å². The third-order valence-corrected chi connectivity index (χ3v) is 4.30. The first-order valence-corrected chi connectivity index (χ1v) is 8.09. The number of anilines is 1. The maximum absolute atomic E-state index is 12.6. The molecule has 9 heteroatoms. The van der Waals surface area contributed by atoms with Crippen LogP contribution in [0.3, 0.4) is 0 Å². The molecule has 0 saturated carbocycles. The van der Waals surface area contributed by atoms with Gasteiger partial charge < -0.3 is 10.6 Å². The first-order chi connectivity index (χ1) is 11.8. The highest BCUT2D eigenvalue weighted by molar-refractivity contribution is 5.92. The van der Waals surface area contributed by atoms with Crippen molar-refractivity contribution in [2.75, 3.05) is 11.9 Å². The van der Waals surface area contributed by atoms with Gasteiger partial charge in [0.15, 0.2) is 0 Å². The zero-order valence-electron chi connectivity index (χ0n) is 14.1. The van der Waals surface area contributed by atoms with Crippen molar-refractivity contribution in [3.63, 3.8) is 0 Å². The number of piperidine rings is 1. The van der Waals surface area contributed by atoms with Crippen LogP contribution in [-0.4, -0.2) is 28.3 Å². The number of benzene rings is 1. The van der Waals surface area contributed by atoms with Crippen LogP contribution in [0.2, 0.25) is 0 Å². The highest BCUT2D eigenvalue weighted by Gasteiger charge is 2.30. The number of rotatable bonds is 3. The quantitative estimate of drug-likeness (QED) is 0.844. The number of aromatic nitrogens is 2. The fraction of sp³-hybridized carbons (Fsp3) is 0.412. The number of amides is 1. The van der Waals surface area contributed by atoms with Crippen LogP contribution in [-0.2, 0) is 11.0 Å². The molecule has 2 heterocycles. The largest absolute Gasteiger partial charge is 0.416 e. The Labute approximate surface area is 155 Å². The molecule has 1 aliphatic rings. The summed E-state index contributed by atoms with van der Waals surface area (Å²) in [4.78, 5) is 12.3. The van der Waals surface area contributed by atoms with Crippen molar-refractivity contribution < 1.29 is 18.0 Å². The van der Waals surface area contributed by atoms with E-state index in [4.69, 9.17) is 0 Å². The Bertz CT molecular complexity index is 745. The highest BCUT2D eigenvalue weighted by atomic mass is 35.5. The van der Waals surface area contributed by atoms with E-state index in [0.29, 0.717) is 17.4 Å². The number of hydrogen-bond donors (Lipinski definition) is 2. The van der Waals surface area contributed by atoms with Crippen molar-refractivity contribution in [1.82, 2.24) is 15.1 Å². The summed E-state index contributed by atoms with van der Waals surface area (Å²) in [6.07, 6.45) is 0.265. The minimum atomic E-state index is -4.37. The van der Waals surface area contributed by atoms with Gasteiger partial charge in [-0.05, 0) is 50.6 Å². The molecule has 1 aromatic heterocycles. The molecule has 0 radical (unpaired) electrons. The molecule has 26 heavy (non-hydrogen) atoms. The van der Waals surface area contributed by atoms with E-state index in [1.54, 1.807) is 6.20 Å². The molecule has 1 saturated heterocycles. The zero-order chi connectivity index (χ0) is 18.0. The summed E-state index contributed by atoms with van der Waals surface area (Å²) < 4.78 is 39.2. The highest BCUT2D eigenvalue weighted by Crippen LogP contribution is 2.29. The van der Waals surface area contributed by atoms with Gasteiger partial charge in [-0.15, -0.1) is 12.4 Å². The van der Waals surface area contributed by atoms with Crippen molar-refractivity contribution in [3.05, 3.63) is 42.2 Å². The van der Waals surface area contributed by atoms with Crippen molar-refractivity contribution in [2.24, 2.45) is 5.92 Å². The van der Waals surface area contributed by atoms with E-state index >= 15 is 0 Å². The molecule has 2 aromatic rings. The lowest BCUT2D eigenvalue weighted by Crippen LogP contribution is -2.40. The smallest absolute Gasteiger partial charge is 0.323 e. The molecule has 1 fully saturated rings. The van der Waals surface area contributed by atoms with Crippen LogP contribution in [0.25, 0.3) is 5.69 Å². The number of halogens is 4. The van der Waals surface area contributed by atoms with Crippen LogP contribution >= 0.6 is 12.4 Å². The lowest BCUT2D eigenvalue weighted by atomic mass is 9.92. The Morgan fingerprint density at radius 2 is 2.00 bits per heavy atom. The van der Waals surface area contributed by atoms with Crippen molar-refractivity contribution in [3.8, 4) is 5.69 Å². The number of carbonyl (C=O) groups is 1. The lowest BCUT2D eigenvalue weighted by molar-refractivity contribution is -0.137. The third kappa shape index (κ3) is 4.76. The number of nitrogens with zero attached hydrogens (tertiary/aromatic N) is 2. The molecule has 5 nitrogen and oxygen atoms in total. The average molecular weight is 389 g/mol. The molecule has 2 atom stereocenters. The van der Waals surface area contributed by atoms with E-state index < -0.39 is 11.7 Å². The van der Waals surface area contributed by atoms with Crippen LogP contribution in [0.4, 0.5) is 18.9 Å². The molecule has 142 valence electrons. The van der Waals surface area contributed by atoms with Gasteiger partial charge in [-0.3, -0.25) is 4.79 Å². The second kappa shape index (κ2) is 8.09. The molecule has 1 aromatic carbocycles. The molecule has 1 aliphatic heterocycles. The SMILES string of the molecule is C[C@H]1C[C@@H](C(=O)Nc2cnn(-c3ccc(C(F)(F)F)cc3)c2)CCN1.Cl. The average Bonchev–Trinajstić information content (AvgIpc) is 3.02. The van der Waals surface area contributed by atoms with E-state index in [9.17, 15) is 18.0 Å². The number of nitrogens with one attached hydrogen (secondary N) is 2. The fourth-order valence-corrected chi connectivity index (χ4v) is 2.95. The Kier molecular flexibility index (Phi) is 6.30. The Hall–Kier alpha value is -2.06. The van der Waals surface area contributed by atoms with E-state index in [0.717, 1.165) is 31.5 Å². The summed E-state index contributed by atoms with van der Waals surface area (Å²) in [5, 5.41) is 10.2. The summed E-state index contributed by atoms with van der Waals surface area (Å²) >= 11 is 0. The molecule has 0 aliphatic carbocycles. The van der Waals surface area contributed by atoms with Crippen LogP contribution in [0, 0.1) is 5.92 Å². The first-order valence-electron chi connectivity index (χ1n) is 8.09. The molecule has 3 rings (SSSR count).